The van der Waals surface area contributed by atoms with Crippen LogP contribution in [0.2, 0.25) is 0 Å². The summed E-state index contributed by atoms with van der Waals surface area (Å²) in [5, 5.41) is 20.5. The maximum atomic E-state index is 10.1. The van der Waals surface area contributed by atoms with Crippen LogP contribution in [-0.4, -0.2) is 21.1 Å². The van der Waals surface area contributed by atoms with Gasteiger partial charge in [-0.25, -0.2) is 0 Å². The number of benzene rings is 1. The van der Waals surface area contributed by atoms with Gasteiger partial charge in [-0.3, -0.25) is 0 Å². The highest BCUT2D eigenvalue weighted by Gasteiger charge is 2.55. The number of hydrogen-bond acceptors (Lipinski definition) is 3. The lowest BCUT2D eigenvalue weighted by Gasteiger charge is -2.23. The molecule has 1 fully saturated rings. The molecule has 0 aromatic heterocycles. The number of hydrogen-bond donors (Lipinski definition) is 2. The molecule has 1 saturated heterocycles. The molecule has 1 aromatic carbocycles. The molecule has 21 heavy (non-hydrogen) atoms. The molecule has 0 spiro atoms. The summed E-state index contributed by atoms with van der Waals surface area (Å²) < 4.78 is 0.0207. The lowest BCUT2D eigenvalue weighted by Crippen LogP contribution is -2.24. The molecule has 2 nitrogen and oxygen atoms in total. The first-order valence-corrected chi connectivity index (χ1v) is 8.16. The second-order valence-corrected chi connectivity index (χ2v) is 8.40. The fourth-order valence-electron chi connectivity index (χ4n) is 2.78. The zero-order valence-corrected chi connectivity index (χ0v) is 13.7. The van der Waals surface area contributed by atoms with Crippen molar-refractivity contribution in [1.82, 2.24) is 0 Å². The Bertz CT molecular complexity index is 614. The molecule has 112 valence electrons. The van der Waals surface area contributed by atoms with Gasteiger partial charge < -0.3 is 10.2 Å². The molecule has 0 saturated carbocycles. The van der Waals surface area contributed by atoms with Crippen molar-refractivity contribution in [1.29, 1.82) is 0 Å². The Morgan fingerprint density at radius 2 is 1.62 bits per heavy atom. The van der Waals surface area contributed by atoms with Crippen molar-refractivity contribution in [3.05, 3.63) is 59.2 Å². The van der Waals surface area contributed by atoms with E-state index in [9.17, 15) is 10.2 Å². The molecule has 3 rings (SSSR count). The first kappa shape index (κ1) is 14.9. The van der Waals surface area contributed by atoms with Crippen molar-refractivity contribution < 1.29 is 10.2 Å². The number of thioether (sulfide) groups is 1. The van der Waals surface area contributed by atoms with E-state index in [0.29, 0.717) is 5.25 Å². The molecule has 1 aromatic rings. The molecule has 0 radical (unpaired) electrons. The zero-order chi connectivity index (χ0) is 15.5. The normalized spacial score (nSPS) is 28.1. The first-order chi connectivity index (χ1) is 9.63. The van der Waals surface area contributed by atoms with Crippen LogP contribution in [-0.2, 0) is 10.3 Å². The van der Waals surface area contributed by atoms with Crippen LogP contribution in [0.1, 0.15) is 38.8 Å². The topological polar surface area (TPSA) is 40.5 Å². The smallest absolute Gasteiger partial charge is 0.0840 e. The first-order valence-electron chi connectivity index (χ1n) is 7.28. The van der Waals surface area contributed by atoms with Gasteiger partial charge in [-0.1, -0.05) is 42.5 Å². The maximum Gasteiger partial charge on any atom is 0.0840 e. The third kappa shape index (κ3) is 2.59. The van der Waals surface area contributed by atoms with Crippen molar-refractivity contribution >= 4 is 11.8 Å². The van der Waals surface area contributed by atoms with Crippen LogP contribution in [0.3, 0.4) is 0 Å². The average Bonchev–Trinajstić information content (AvgIpc) is 3.11. The van der Waals surface area contributed by atoms with E-state index < -0.39 is 11.2 Å². The summed E-state index contributed by atoms with van der Waals surface area (Å²) in [5.74, 6) is 0. The fraction of sp³-hybridized carbons (Fsp3) is 0.444. The Balaban J connectivity index is 1.86. The largest absolute Gasteiger partial charge is 0.386 e. The van der Waals surface area contributed by atoms with E-state index in [1.54, 1.807) is 13.8 Å². The van der Waals surface area contributed by atoms with Gasteiger partial charge in [-0.05, 0) is 44.4 Å². The van der Waals surface area contributed by atoms with E-state index in [4.69, 9.17) is 0 Å². The van der Waals surface area contributed by atoms with Gasteiger partial charge >= 0.3 is 0 Å². The number of aliphatic hydroxyl groups is 2. The van der Waals surface area contributed by atoms with E-state index in [-0.39, 0.29) is 4.75 Å². The Labute approximate surface area is 130 Å². The predicted molar refractivity (Wildman–Crippen MR) is 88.3 cm³/mol. The molecular weight excluding hydrogens is 280 g/mol. The second kappa shape index (κ2) is 4.48. The number of fused-ring (bicyclic) bond motifs is 1. The zero-order valence-electron chi connectivity index (χ0n) is 12.9. The summed E-state index contributed by atoms with van der Waals surface area (Å²) >= 11 is 1.90. The molecule has 2 aliphatic rings. The van der Waals surface area contributed by atoms with Crippen LogP contribution in [0.25, 0.3) is 0 Å². The monoisotopic (exact) mass is 302 g/mol. The third-order valence-electron chi connectivity index (χ3n) is 4.28. The van der Waals surface area contributed by atoms with Gasteiger partial charge in [0.2, 0.25) is 0 Å². The molecule has 1 aliphatic carbocycles. The van der Waals surface area contributed by atoms with Gasteiger partial charge in [0.1, 0.15) is 0 Å². The lowest BCUT2D eigenvalue weighted by molar-refractivity contribution is 0.0786. The average molecular weight is 302 g/mol. The van der Waals surface area contributed by atoms with Crippen LogP contribution in [0.4, 0.5) is 0 Å². The molecular formula is C18H22O2S. The van der Waals surface area contributed by atoms with E-state index >= 15 is 0 Å². The van der Waals surface area contributed by atoms with E-state index in [0.717, 1.165) is 11.1 Å². The quantitative estimate of drug-likeness (QED) is 0.840. The van der Waals surface area contributed by atoms with Crippen LogP contribution >= 0.6 is 11.8 Å². The molecule has 2 atom stereocenters. The van der Waals surface area contributed by atoms with Gasteiger partial charge in [-0.2, -0.15) is 0 Å². The van der Waals surface area contributed by atoms with Crippen molar-refractivity contribution in [2.75, 3.05) is 0 Å². The van der Waals surface area contributed by atoms with Crippen LogP contribution in [0, 0.1) is 0 Å². The summed E-state index contributed by atoms with van der Waals surface area (Å²) in [4.78, 5) is 0. The summed E-state index contributed by atoms with van der Waals surface area (Å²) in [6.45, 7) is 7.24. The Morgan fingerprint density at radius 1 is 1.00 bits per heavy atom. The van der Waals surface area contributed by atoms with E-state index in [1.807, 2.05) is 43.8 Å². The Kier molecular flexibility index (Phi) is 3.18. The highest BCUT2D eigenvalue weighted by molar-refractivity contribution is 8.08. The molecule has 0 bridgehead atoms. The summed E-state index contributed by atoms with van der Waals surface area (Å²) in [5.41, 5.74) is 1.59. The molecule has 2 unspecified atom stereocenters. The third-order valence-corrected chi connectivity index (χ3v) is 5.80. The minimum atomic E-state index is -0.803. The number of rotatable bonds is 3. The van der Waals surface area contributed by atoms with Crippen LogP contribution in [0.15, 0.2) is 48.1 Å². The van der Waals surface area contributed by atoms with E-state index in [2.05, 4.69) is 24.3 Å². The standard InChI is InChI=1S/C18H22O2S/c1-16(2,19)12-5-7-13(8-6-12)18-10-9-14(17(3,4)20)11-15(18)21-18/h5-11,15,19-20H,1-4H3. The summed E-state index contributed by atoms with van der Waals surface area (Å²) in [6, 6.07) is 8.22. The molecule has 2 N–H and O–H groups in total. The predicted octanol–water partition coefficient (Wildman–Crippen LogP) is 3.49. The fourth-order valence-corrected chi connectivity index (χ4v) is 4.04. The Morgan fingerprint density at radius 3 is 2.10 bits per heavy atom. The SMILES string of the molecule is CC(C)(O)C1=CC2SC2(c2ccc(C(C)(C)O)cc2)C=C1. The second-order valence-electron chi connectivity index (χ2n) is 6.98. The van der Waals surface area contributed by atoms with Gasteiger partial charge in [0, 0.05) is 5.25 Å². The summed E-state index contributed by atoms with van der Waals surface area (Å²) in [7, 11) is 0. The van der Waals surface area contributed by atoms with Crippen molar-refractivity contribution in [2.45, 2.75) is 48.9 Å². The van der Waals surface area contributed by atoms with Crippen molar-refractivity contribution in [3.8, 4) is 0 Å². The van der Waals surface area contributed by atoms with Gasteiger partial charge in [0.25, 0.3) is 0 Å². The lowest BCUT2D eigenvalue weighted by atomic mass is 9.85. The maximum absolute atomic E-state index is 10.1. The highest BCUT2D eigenvalue weighted by atomic mass is 32.2. The van der Waals surface area contributed by atoms with Crippen molar-refractivity contribution in [2.24, 2.45) is 0 Å². The van der Waals surface area contributed by atoms with E-state index in [1.165, 1.54) is 5.56 Å². The highest BCUT2D eigenvalue weighted by Crippen LogP contribution is 2.65. The van der Waals surface area contributed by atoms with Crippen LogP contribution < -0.4 is 0 Å². The summed E-state index contributed by atoms with van der Waals surface area (Å²) in [6.07, 6.45) is 6.42. The minimum Gasteiger partial charge on any atom is -0.386 e. The molecule has 1 aliphatic heterocycles. The van der Waals surface area contributed by atoms with Crippen molar-refractivity contribution in [3.63, 3.8) is 0 Å². The minimum absolute atomic E-state index is 0.0207. The van der Waals surface area contributed by atoms with Gasteiger partial charge in [0.15, 0.2) is 0 Å². The molecule has 3 heteroatoms. The van der Waals surface area contributed by atoms with Crippen LogP contribution in [0.5, 0.6) is 0 Å². The van der Waals surface area contributed by atoms with Gasteiger partial charge in [-0.15, -0.1) is 11.8 Å². The molecule has 0 amide bonds. The van der Waals surface area contributed by atoms with Gasteiger partial charge in [0.05, 0.1) is 15.9 Å². The Hall–Kier alpha value is -1.03. The molecule has 1 heterocycles.